The lowest BCUT2D eigenvalue weighted by atomic mass is 10.2. The van der Waals surface area contributed by atoms with Crippen molar-refractivity contribution in [3.8, 4) is 0 Å². The van der Waals surface area contributed by atoms with Crippen LogP contribution in [-0.2, 0) is 0 Å². The maximum Gasteiger partial charge on any atom is 0.338 e. The van der Waals surface area contributed by atoms with Crippen LogP contribution in [0.4, 0.5) is 4.39 Å². The Morgan fingerprint density at radius 2 is 2.05 bits per heavy atom. The van der Waals surface area contributed by atoms with Gasteiger partial charge in [0.1, 0.15) is 5.82 Å². The number of hydrogen-bond acceptors (Lipinski definition) is 4. The highest BCUT2D eigenvalue weighted by Gasteiger charge is 2.13. The van der Waals surface area contributed by atoms with Crippen molar-refractivity contribution in [1.82, 2.24) is 4.37 Å². The second-order valence-electron chi connectivity index (χ2n) is 4.04. The molecule has 0 saturated heterocycles. The van der Waals surface area contributed by atoms with Crippen LogP contribution in [0.2, 0.25) is 0 Å². The molecule has 1 aromatic heterocycles. The number of hydrogen-bond donors (Lipinski definition) is 1. The predicted octanol–water partition coefficient (Wildman–Crippen LogP) is 4.28. The Morgan fingerprint density at radius 3 is 2.85 bits per heavy atom. The molecule has 0 aliphatic carbocycles. The number of carbonyl (C=O) groups is 1. The average Bonchev–Trinajstić information content (AvgIpc) is 2.84. The predicted molar refractivity (Wildman–Crippen MR) is 77.1 cm³/mol. The van der Waals surface area contributed by atoms with Crippen LogP contribution in [0.15, 0.2) is 51.6 Å². The van der Waals surface area contributed by atoms with Gasteiger partial charge in [0, 0.05) is 10.3 Å². The molecule has 0 fully saturated rings. The standard InChI is InChI=1S/C14H8FNO2S2/c15-11-6-5-8(7-10(11)13(17)18)19-14-9-3-1-2-4-12(9)16-20-14/h1-7H,(H,17,18). The third-order valence-electron chi connectivity index (χ3n) is 2.73. The van der Waals surface area contributed by atoms with E-state index in [1.807, 2.05) is 24.3 Å². The van der Waals surface area contributed by atoms with Crippen molar-refractivity contribution >= 4 is 40.2 Å². The van der Waals surface area contributed by atoms with E-state index in [-0.39, 0.29) is 5.56 Å². The molecule has 100 valence electrons. The van der Waals surface area contributed by atoms with Crippen molar-refractivity contribution in [2.75, 3.05) is 0 Å². The van der Waals surface area contributed by atoms with E-state index in [2.05, 4.69) is 4.37 Å². The minimum Gasteiger partial charge on any atom is -0.478 e. The Kier molecular flexibility index (Phi) is 3.42. The highest BCUT2D eigenvalue weighted by atomic mass is 32.2. The van der Waals surface area contributed by atoms with Gasteiger partial charge in [-0.05, 0) is 35.8 Å². The number of carboxylic acids is 1. The van der Waals surface area contributed by atoms with Crippen LogP contribution >= 0.6 is 23.3 Å². The van der Waals surface area contributed by atoms with Crippen molar-refractivity contribution in [2.24, 2.45) is 0 Å². The summed E-state index contributed by atoms with van der Waals surface area (Å²) in [6, 6.07) is 11.8. The van der Waals surface area contributed by atoms with Gasteiger partial charge in [0.15, 0.2) is 0 Å². The Balaban J connectivity index is 1.99. The van der Waals surface area contributed by atoms with Crippen LogP contribution in [0, 0.1) is 5.82 Å². The van der Waals surface area contributed by atoms with Crippen molar-refractivity contribution in [1.29, 1.82) is 0 Å². The van der Waals surface area contributed by atoms with Crippen molar-refractivity contribution < 1.29 is 14.3 Å². The lowest BCUT2D eigenvalue weighted by Crippen LogP contribution is -2.00. The van der Waals surface area contributed by atoms with Crippen molar-refractivity contribution in [2.45, 2.75) is 9.10 Å². The molecule has 3 aromatic rings. The molecule has 2 aromatic carbocycles. The molecule has 0 bridgehead atoms. The Morgan fingerprint density at radius 1 is 1.25 bits per heavy atom. The first-order chi connectivity index (χ1) is 9.65. The molecule has 0 aliphatic heterocycles. The van der Waals surface area contributed by atoms with Gasteiger partial charge in [-0.1, -0.05) is 30.0 Å². The zero-order chi connectivity index (χ0) is 14.1. The van der Waals surface area contributed by atoms with Gasteiger partial charge < -0.3 is 5.11 Å². The fourth-order valence-electron chi connectivity index (χ4n) is 1.78. The summed E-state index contributed by atoms with van der Waals surface area (Å²) in [5, 5.41) is 9.95. The second-order valence-corrected chi connectivity index (χ2v) is 6.15. The van der Waals surface area contributed by atoms with Crippen LogP contribution in [0.25, 0.3) is 10.9 Å². The smallest absolute Gasteiger partial charge is 0.338 e. The summed E-state index contributed by atoms with van der Waals surface area (Å²) in [5.74, 6) is -1.99. The van der Waals surface area contributed by atoms with Crippen LogP contribution in [0.3, 0.4) is 0 Å². The van der Waals surface area contributed by atoms with Crippen molar-refractivity contribution in [3.63, 3.8) is 0 Å². The molecule has 0 unspecified atom stereocenters. The molecule has 0 atom stereocenters. The highest BCUT2D eigenvalue weighted by Crippen LogP contribution is 2.37. The molecular formula is C14H8FNO2S2. The summed E-state index contributed by atoms with van der Waals surface area (Å²) in [5.41, 5.74) is 0.587. The number of aromatic nitrogens is 1. The number of halogens is 1. The summed E-state index contributed by atoms with van der Waals surface area (Å²) < 4.78 is 18.6. The van der Waals surface area contributed by atoms with Crippen LogP contribution < -0.4 is 0 Å². The fourth-order valence-corrected chi connectivity index (χ4v) is 3.75. The molecule has 0 radical (unpaired) electrons. The molecule has 3 rings (SSSR count). The zero-order valence-corrected chi connectivity index (χ0v) is 11.7. The Bertz CT molecular complexity index is 801. The number of nitrogens with zero attached hydrogens (tertiary/aromatic N) is 1. The third-order valence-corrected chi connectivity index (χ3v) is 4.77. The van der Waals surface area contributed by atoms with Crippen LogP contribution in [-0.4, -0.2) is 15.4 Å². The van der Waals surface area contributed by atoms with Gasteiger partial charge >= 0.3 is 5.97 Å². The Hall–Kier alpha value is -1.92. The van der Waals surface area contributed by atoms with Gasteiger partial charge in [-0.3, -0.25) is 0 Å². The molecule has 0 spiro atoms. The van der Waals surface area contributed by atoms with Crippen LogP contribution in [0.1, 0.15) is 10.4 Å². The zero-order valence-electron chi connectivity index (χ0n) is 10.0. The van der Waals surface area contributed by atoms with Gasteiger partial charge in [-0.25, -0.2) is 9.18 Å². The lowest BCUT2D eigenvalue weighted by Gasteiger charge is -2.02. The minimum atomic E-state index is -1.26. The lowest BCUT2D eigenvalue weighted by molar-refractivity contribution is 0.0691. The highest BCUT2D eigenvalue weighted by molar-refractivity contribution is 8.01. The molecule has 1 heterocycles. The Labute approximate surface area is 122 Å². The number of carboxylic acid groups (broad SMARTS) is 1. The van der Waals surface area contributed by atoms with E-state index < -0.39 is 11.8 Å². The molecule has 0 aliphatic rings. The first-order valence-electron chi connectivity index (χ1n) is 5.70. The summed E-state index contributed by atoms with van der Waals surface area (Å²) in [4.78, 5) is 11.6. The number of aromatic carboxylic acids is 1. The van der Waals surface area contributed by atoms with E-state index in [4.69, 9.17) is 5.11 Å². The maximum absolute atomic E-state index is 13.4. The minimum absolute atomic E-state index is 0.316. The van der Waals surface area contributed by atoms with Gasteiger partial charge in [-0.2, -0.15) is 4.37 Å². The summed E-state index contributed by atoms with van der Waals surface area (Å²) >= 11 is 2.74. The quantitative estimate of drug-likeness (QED) is 0.784. The van der Waals surface area contributed by atoms with Crippen LogP contribution in [0.5, 0.6) is 0 Å². The molecule has 3 nitrogen and oxygen atoms in total. The normalized spacial score (nSPS) is 10.8. The second kappa shape index (κ2) is 5.22. The van der Waals surface area contributed by atoms with E-state index in [0.717, 1.165) is 15.1 Å². The van der Waals surface area contributed by atoms with E-state index in [1.54, 1.807) is 6.07 Å². The monoisotopic (exact) mass is 305 g/mol. The average molecular weight is 305 g/mol. The van der Waals surface area contributed by atoms with Gasteiger partial charge in [0.25, 0.3) is 0 Å². The maximum atomic E-state index is 13.4. The summed E-state index contributed by atoms with van der Waals surface area (Å²) in [7, 11) is 0. The van der Waals surface area contributed by atoms with E-state index in [9.17, 15) is 9.18 Å². The van der Waals surface area contributed by atoms with Gasteiger partial charge in [0.2, 0.25) is 0 Å². The van der Waals surface area contributed by atoms with E-state index in [0.29, 0.717) is 4.90 Å². The number of benzene rings is 2. The first kappa shape index (κ1) is 13.1. The molecule has 6 heteroatoms. The first-order valence-corrected chi connectivity index (χ1v) is 7.29. The van der Waals surface area contributed by atoms with Crippen molar-refractivity contribution in [3.05, 3.63) is 53.8 Å². The summed E-state index contributed by atoms with van der Waals surface area (Å²) in [6.45, 7) is 0. The molecule has 0 saturated carbocycles. The third kappa shape index (κ3) is 2.39. The molecule has 20 heavy (non-hydrogen) atoms. The molecule has 0 amide bonds. The van der Waals surface area contributed by atoms with E-state index >= 15 is 0 Å². The van der Waals surface area contributed by atoms with E-state index in [1.165, 1.54) is 35.4 Å². The topological polar surface area (TPSA) is 50.2 Å². The SMILES string of the molecule is O=C(O)c1cc(Sc2snc3ccccc23)ccc1F. The van der Waals surface area contributed by atoms with Gasteiger partial charge in [-0.15, -0.1) is 0 Å². The fraction of sp³-hybridized carbons (Fsp3) is 0. The molecular weight excluding hydrogens is 297 g/mol. The number of fused-ring (bicyclic) bond motifs is 1. The van der Waals surface area contributed by atoms with Gasteiger partial charge in [0.05, 0.1) is 15.3 Å². The summed E-state index contributed by atoms with van der Waals surface area (Å²) in [6.07, 6.45) is 0. The molecule has 1 N–H and O–H groups in total. The number of rotatable bonds is 3. The largest absolute Gasteiger partial charge is 0.478 e.